The van der Waals surface area contributed by atoms with E-state index in [1.807, 2.05) is 13.0 Å². The second kappa shape index (κ2) is 6.37. The van der Waals surface area contributed by atoms with E-state index in [0.29, 0.717) is 11.3 Å². The fourth-order valence-corrected chi connectivity index (χ4v) is 3.11. The minimum absolute atomic E-state index is 0.330. The molecule has 0 spiro atoms. The third kappa shape index (κ3) is 3.58. The summed E-state index contributed by atoms with van der Waals surface area (Å²) in [6.07, 6.45) is 7.93. The lowest BCUT2D eigenvalue weighted by Gasteiger charge is -2.30. The van der Waals surface area contributed by atoms with Crippen LogP contribution in [0.25, 0.3) is 0 Å². The Kier molecular flexibility index (Phi) is 4.81. The normalized spacial score (nSPS) is 18.6. The first-order valence-electron chi connectivity index (χ1n) is 6.96. The van der Waals surface area contributed by atoms with Crippen LogP contribution in [0.5, 0.6) is 0 Å². The Hall–Kier alpha value is -0.830. The number of halogens is 1. The number of hydrogen-bond acceptors (Lipinski definition) is 3. The zero-order valence-electron chi connectivity index (χ0n) is 11.2. The molecule has 1 aromatic heterocycles. The minimum Gasteiger partial charge on any atom is -0.367 e. The van der Waals surface area contributed by atoms with Gasteiger partial charge in [-0.2, -0.15) is 0 Å². The maximum Gasteiger partial charge on any atom is 0.224 e. The summed E-state index contributed by atoms with van der Waals surface area (Å²) in [4.78, 5) is 8.35. The number of nitrogens with one attached hydrogen (secondary N) is 1. The van der Waals surface area contributed by atoms with E-state index in [1.165, 1.54) is 32.1 Å². The fourth-order valence-electron chi connectivity index (χ4n) is 2.89. The van der Waals surface area contributed by atoms with Crippen LogP contribution in [0.3, 0.4) is 0 Å². The van der Waals surface area contributed by atoms with Gasteiger partial charge >= 0.3 is 0 Å². The molecule has 3 nitrogen and oxygen atoms in total. The molecule has 1 unspecified atom stereocenters. The summed E-state index contributed by atoms with van der Waals surface area (Å²) < 4.78 is 0. The SMILES string of the molecule is CCC(Nc1cc(C)nc(Cl)n1)C1CCCCC1. The van der Waals surface area contributed by atoms with Gasteiger partial charge < -0.3 is 5.32 Å². The Morgan fingerprint density at radius 2 is 2.06 bits per heavy atom. The standard InChI is InChI=1S/C14H22ClN3/c1-3-12(11-7-5-4-6-8-11)17-13-9-10(2)16-14(15)18-13/h9,11-12H,3-8H2,1-2H3,(H,16,17,18). The summed E-state index contributed by atoms with van der Waals surface area (Å²) in [7, 11) is 0. The highest BCUT2D eigenvalue weighted by molar-refractivity contribution is 6.28. The van der Waals surface area contributed by atoms with Gasteiger partial charge in [-0.3, -0.25) is 0 Å². The average molecular weight is 268 g/mol. The molecule has 4 heteroatoms. The number of aromatic nitrogens is 2. The molecule has 1 atom stereocenters. The van der Waals surface area contributed by atoms with E-state index < -0.39 is 0 Å². The van der Waals surface area contributed by atoms with Gasteiger partial charge in [-0.15, -0.1) is 0 Å². The molecule has 1 aliphatic rings. The largest absolute Gasteiger partial charge is 0.367 e. The van der Waals surface area contributed by atoms with Crippen molar-refractivity contribution in [2.45, 2.75) is 58.4 Å². The Bertz CT molecular complexity index is 368. The lowest BCUT2D eigenvalue weighted by molar-refractivity contribution is 0.312. The van der Waals surface area contributed by atoms with Gasteiger partial charge in [-0.05, 0) is 43.7 Å². The summed E-state index contributed by atoms with van der Waals surface area (Å²) in [6.45, 7) is 4.18. The van der Waals surface area contributed by atoms with Crippen LogP contribution in [-0.4, -0.2) is 16.0 Å². The van der Waals surface area contributed by atoms with Crippen molar-refractivity contribution in [3.05, 3.63) is 17.0 Å². The van der Waals surface area contributed by atoms with Crippen LogP contribution in [0.1, 0.15) is 51.1 Å². The molecule has 2 rings (SSSR count). The number of hydrogen-bond donors (Lipinski definition) is 1. The van der Waals surface area contributed by atoms with E-state index in [0.717, 1.165) is 23.9 Å². The van der Waals surface area contributed by atoms with Gasteiger partial charge in [0.2, 0.25) is 5.28 Å². The van der Waals surface area contributed by atoms with Gasteiger partial charge in [0.15, 0.2) is 0 Å². The van der Waals surface area contributed by atoms with Crippen LogP contribution in [0.15, 0.2) is 6.07 Å². The van der Waals surface area contributed by atoms with E-state index in [1.54, 1.807) is 0 Å². The lowest BCUT2D eigenvalue weighted by atomic mass is 9.83. The molecule has 0 aliphatic heterocycles. The molecule has 1 fully saturated rings. The first-order chi connectivity index (χ1) is 8.69. The van der Waals surface area contributed by atoms with E-state index in [4.69, 9.17) is 11.6 Å². The van der Waals surface area contributed by atoms with E-state index >= 15 is 0 Å². The molecule has 100 valence electrons. The number of aryl methyl sites for hydroxylation is 1. The van der Waals surface area contributed by atoms with Gasteiger partial charge in [0.25, 0.3) is 0 Å². The second-order valence-corrected chi connectivity index (χ2v) is 5.56. The molecule has 18 heavy (non-hydrogen) atoms. The van der Waals surface area contributed by atoms with Crippen LogP contribution in [0.2, 0.25) is 5.28 Å². The van der Waals surface area contributed by atoms with E-state index in [9.17, 15) is 0 Å². The Morgan fingerprint density at radius 3 is 2.67 bits per heavy atom. The van der Waals surface area contributed by atoms with Crippen molar-refractivity contribution >= 4 is 17.4 Å². The van der Waals surface area contributed by atoms with Crippen LogP contribution < -0.4 is 5.32 Å². The molecular weight excluding hydrogens is 246 g/mol. The van der Waals surface area contributed by atoms with Crippen molar-refractivity contribution in [3.63, 3.8) is 0 Å². The molecule has 1 aliphatic carbocycles. The van der Waals surface area contributed by atoms with Gasteiger partial charge in [0, 0.05) is 17.8 Å². The smallest absolute Gasteiger partial charge is 0.224 e. The average Bonchev–Trinajstić information content (AvgIpc) is 2.36. The molecule has 1 heterocycles. The number of anilines is 1. The third-order valence-electron chi connectivity index (χ3n) is 3.82. The molecule has 1 aromatic rings. The Balaban J connectivity index is 2.04. The maximum absolute atomic E-state index is 5.90. The molecular formula is C14H22ClN3. The van der Waals surface area contributed by atoms with E-state index in [2.05, 4.69) is 22.2 Å². The predicted octanol–water partition coefficient (Wildman–Crippen LogP) is 4.21. The van der Waals surface area contributed by atoms with Crippen LogP contribution in [0, 0.1) is 12.8 Å². The van der Waals surface area contributed by atoms with Gasteiger partial charge in [-0.25, -0.2) is 9.97 Å². The third-order valence-corrected chi connectivity index (χ3v) is 3.99. The van der Waals surface area contributed by atoms with Gasteiger partial charge in [0.05, 0.1) is 0 Å². The predicted molar refractivity (Wildman–Crippen MR) is 76.1 cm³/mol. The highest BCUT2D eigenvalue weighted by Crippen LogP contribution is 2.29. The summed E-state index contributed by atoms with van der Waals surface area (Å²) in [5.41, 5.74) is 0.913. The summed E-state index contributed by atoms with van der Waals surface area (Å²) in [6, 6.07) is 2.48. The molecule has 0 aromatic carbocycles. The Labute approximate surface area is 114 Å². The Morgan fingerprint density at radius 1 is 1.33 bits per heavy atom. The summed E-state index contributed by atoms with van der Waals surface area (Å²) in [5, 5.41) is 3.87. The van der Waals surface area contributed by atoms with Crippen molar-refractivity contribution in [2.75, 3.05) is 5.32 Å². The van der Waals surface area contributed by atoms with Gasteiger partial charge in [0.1, 0.15) is 5.82 Å². The van der Waals surface area contributed by atoms with Crippen molar-refractivity contribution < 1.29 is 0 Å². The van der Waals surface area contributed by atoms with Gasteiger partial charge in [-0.1, -0.05) is 26.2 Å². The highest BCUT2D eigenvalue weighted by Gasteiger charge is 2.22. The molecule has 0 radical (unpaired) electrons. The molecule has 1 N–H and O–H groups in total. The fraction of sp³-hybridized carbons (Fsp3) is 0.714. The molecule has 0 bridgehead atoms. The summed E-state index contributed by atoms with van der Waals surface area (Å²) >= 11 is 5.90. The number of rotatable bonds is 4. The van der Waals surface area contributed by atoms with Crippen molar-refractivity contribution in [2.24, 2.45) is 5.92 Å². The first-order valence-corrected chi connectivity index (χ1v) is 7.34. The minimum atomic E-state index is 0.330. The van der Waals surface area contributed by atoms with Crippen molar-refractivity contribution in [1.82, 2.24) is 9.97 Å². The van der Waals surface area contributed by atoms with E-state index in [-0.39, 0.29) is 0 Å². The topological polar surface area (TPSA) is 37.8 Å². The maximum atomic E-state index is 5.90. The molecule has 0 saturated heterocycles. The van der Waals surface area contributed by atoms with Crippen LogP contribution in [0.4, 0.5) is 5.82 Å². The summed E-state index contributed by atoms with van der Waals surface area (Å²) in [5.74, 6) is 1.64. The van der Waals surface area contributed by atoms with Crippen LogP contribution in [-0.2, 0) is 0 Å². The monoisotopic (exact) mass is 267 g/mol. The van der Waals surface area contributed by atoms with Crippen LogP contribution >= 0.6 is 11.6 Å². The van der Waals surface area contributed by atoms with Crippen molar-refractivity contribution in [3.8, 4) is 0 Å². The zero-order chi connectivity index (χ0) is 13.0. The molecule has 0 amide bonds. The second-order valence-electron chi connectivity index (χ2n) is 5.22. The number of nitrogens with zero attached hydrogens (tertiary/aromatic N) is 2. The first kappa shape index (κ1) is 13.6. The highest BCUT2D eigenvalue weighted by atomic mass is 35.5. The molecule has 1 saturated carbocycles. The zero-order valence-corrected chi connectivity index (χ0v) is 12.0. The lowest BCUT2D eigenvalue weighted by Crippen LogP contribution is -2.30. The quantitative estimate of drug-likeness (QED) is 0.831. The van der Waals surface area contributed by atoms with Crippen molar-refractivity contribution in [1.29, 1.82) is 0 Å².